The number of methoxy groups -OCH3 is 1. The van der Waals surface area contributed by atoms with E-state index in [1.54, 1.807) is 0 Å². The second-order valence-electron chi connectivity index (χ2n) is 6.53. The number of carbonyl (C=O) groups is 1. The molecule has 1 aromatic heterocycles. The zero-order valence-corrected chi connectivity index (χ0v) is 16.9. The zero-order chi connectivity index (χ0) is 24.2. The van der Waals surface area contributed by atoms with Crippen LogP contribution in [0.1, 0.15) is 17.0 Å². The smallest absolute Gasteiger partial charge is 0.464 e. The summed E-state index contributed by atoms with van der Waals surface area (Å²) >= 11 is 0. The van der Waals surface area contributed by atoms with Crippen molar-refractivity contribution < 1.29 is 36.0 Å². The molecule has 2 N–H and O–H groups in total. The van der Waals surface area contributed by atoms with Crippen molar-refractivity contribution in [3.05, 3.63) is 77.2 Å². The van der Waals surface area contributed by atoms with Crippen LogP contribution in [0.3, 0.4) is 0 Å². The third-order valence-corrected chi connectivity index (χ3v) is 4.24. The van der Waals surface area contributed by atoms with Crippen molar-refractivity contribution >= 4 is 17.4 Å². The Labute approximate surface area is 183 Å². The van der Waals surface area contributed by atoms with Crippen LogP contribution in [0.2, 0.25) is 0 Å². The molecule has 0 fully saturated rings. The zero-order valence-electron chi connectivity index (χ0n) is 16.9. The first-order valence-electron chi connectivity index (χ1n) is 9.14. The highest BCUT2D eigenvalue weighted by atomic mass is 19.4. The summed E-state index contributed by atoms with van der Waals surface area (Å²) < 4.78 is 73.9. The quantitative estimate of drug-likeness (QED) is 0.333. The molecular weight excluding hydrogens is 451 g/mol. The molecular formula is C21H15F5N4O3. The molecule has 0 aliphatic rings. The summed E-state index contributed by atoms with van der Waals surface area (Å²) in [5.41, 5.74) is 5.88. The number of benzene rings is 2. The molecule has 7 nitrogen and oxygen atoms in total. The van der Waals surface area contributed by atoms with E-state index in [4.69, 9.17) is 5.73 Å². The molecule has 172 valence electrons. The summed E-state index contributed by atoms with van der Waals surface area (Å²) in [6.45, 7) is -0.0554. The molecule has 0 saturated heterocycles. The van der Waals surface area contributed by atoms with E-state index in [0.29, 0.717) is 5.56 Å². The van der Waals surface area contributed by atoms with Gasteiger partial charge in [0, 0.05) is 16.8 Å². The van der Waals surface area contributed by atoms with Crippen molar-refractivity contribution in [1.82, 2.24) is 10.1 Å². The molecule has 0 atom stereocenters. The van der Waals surface area contributed by atoms with Crippen LogP contribution in [0.15, 0.2) is 58.1 Å². The molecule has 0 radical (unpaired) electrons. The van der Waals surface area contributed by atoms with Crippen molar-refractivity contribution in [1.29, 1.82) is 0 Å². The number of nitrogens with zero attached hydrogens (tertiary/aromatic N) is 3. The van der Waals surface area contributed by atoms with Crippen LogP contribution < -0.4 is 5.73 Å². The van der Waals surface area contributed by atoms with Gasteiger partial charge in [0.05, 0.1) is 13.7 Å². The van der Waals surface area contributed by atoms with Gasteiger partial charge in [-0.25, -0.2) is 13.6 Å². The molecule has 1 heterocycles. The number of esters is 1. The molecule has 0 aliphatic heterocycles. The van der Waals surface area contributed by atoms with Gasteiger partial charge in [-0.2, -0.15) is 18.2 Å². The second kappa shape index (κ2) is 9.59. The number of aliphatic imine (C=N–C) groups is 1. The van der Waals surface area contributed by atoms with Gasteiger partial charge in [-0.1, -0.05) is 29.4 Å². The summed E-state index contributed by atoms with van der Waals surface area (Å²) in [5, 5.41) is 3.29. The number of hydrogen-bond acceptors (Lipinski definition) is 7. The van der Waals surface area contributed by atoms with Crippen LogP contribution in [0.5, 0.6) is 0 Å². The third-order valence-electron chi connectivity index (χ3n) is 4.24. The molecule has 0 amide bonds. The van der Waals surface area contributed by atoms with Gasteiger partial charge in [0.25, 0.3) is 0 Å². The number of halogens is 5. The minimum atomic E-state index is -4.76. The Morgan fingerprint density at radius 1 is 1.18 bits per heavy atom. The van der Waals surface area contributed by atoms with Crippen molar-refractivity contribution in [2.45, 2.75) is 12.7 Å². The average molecular weight is 466 g/mol. The lowest BCUT2D eigenvalue weighted by Gasteiger charge is -2.06. The SMILES string of the molecule is COC(=O)C(C=C(N)c1cc(F)ccc1F)=NCc1ccc(-c2noc(C(F)(F)F)n2)cc1. The Morgan fingerprint density at radius 3 is 2.48 bits per heavy atom. The third kappa shape index (κ3) is 5.79. The molecule has 0 spiro atoms. The standard InChI is InChI=1S/C21H15F5N4O3/c1-32-19(31)17(9-16(27)14-8-13(22)6-7-15(14)23)28-10-11-2-4-12(5-3-11)18-29-20(33-30-18)21(24,25)26/h2-9H,10,27H2,1H3. The van der Waals surface area contributed by atoms with Gasteiger partial charge in [-0.3, -0.25) is 4.99 Å². The van der Waals surface area contributed by atoms with Gasteiger partial charge in [0.15, 0.2) is 0 Å². The van der Waals surface area contributed by atoms with Crippen LogP contribution in [-0.4, -0.2) is 28.9 Å². The molecule has 0 bridgehead atoms. The van der Waals surface area contributed by atoms with E-state index >= 15 is 0 Å². The fraction of sp³-hybridized carbons (Fsp3) is 0.143. The summed E-state index contributed by atoms with van der Waals surface area (Å²) in [4.78, 5) is 19.4. The first kappa shape index (κ1) is 23.6. The number of aromatic nitrogens is 2. The Hall–Kier alpha value is -4.09. The van der Waals surface area contributed by atoms with Crippen LogP contribution in [0.25, 0.3) is 17.1 Å². The minimum absolute atomic E-state index is 0.0554. The molecule has 3 rings (SSSR count). The number of hydrogen-bond donors (Lipinski definition) is 1. The van der Waals surface area contributed by atoms with Gasteiger partial charge < -0.3 is 15.0 Å². The van der Waals surface area contributed by atoms with Crippen molar-refractivity contribution in [2.24, 2.45) is 10.7 Å². The van der Waals surface area contributed by atoms with E-state index in [1.165, 1.54) is 24.3 Å². The van der Waals surface area contributed by atoms with Crippen LogP contribution in [0, 0.1) is 11.6 Å². The van der Waals surface area contributed by atoms with E-state index in [-0.39, 0.29) is 34.9 Å². The lowest BCUT2D eigenvalue weighted by atomic mass is 10.1. The molecule has 3 aromatic rings. The Balaban J connectivity index is 1.82. The Morgan fingerprint density at radius 2 is 1.88 bits per heavy atom. The fourth-order valence-corrected chi connectivity index (χ4v) is 2.61. The Bertz CT molecular complexity index is 1220. The van der Waals surface area contributed by atoms with E-state index in [0.717, 1.165) is 31.4 Å². The number of nitrogens with two attached hydrogens (primary N) is 1. The number of rotatable bonds is 6. The van der Waals surface area contributed by atoms with Gasteiger partial charge in [0.1, 0.15) is 17.3 Å². The molecule has 33 heavy (non-hydrogen) atoms. The Kier molecular flexibility index (Phi) is 6.85. The number of ether oxygens (including phenoxy) is 1. The molecule has 0 unspecified atom stereocenters. The van der Waals surface area contributed by atoms with Crippen LogP contribution in [0.4, 0.5) is 22.0 Å². The molecule has 12 heteroatoms. The monoisotopic (exact) mass is 466 g/mol. The lowest BCUT2D eigenvalue weighted by Crippen LogP contribution is -2.16. The van der Waals surface area contributed by atoms with Crippen LogP contribution in [-0.2, 0) is 22.3 Å². The highest BCUT2D eigenvalue weighted by Gasteiger charge is 2.38. The van der Waals surface area contributed by atoms with Crippen molar-refractivity contribution in [3.63, 3.8) is 0 Å². The van der Waals surface area contributed by atoms with Crippen molar-refractivity contribution in [2.75, 3.05) is 7.11 Å². The van der Waals surface area contributed by atoms with E-state index < -0.39 is 29.7 Å². The normalized spacial score (nSPS) is 12.7. The largest absolute Gasteiger partial charge is 0.471 e. The summed E-state index contributed by atoms with van der Waals surface area (Å²) in [6, 6.07) is 8.62. The highest BCUT2D eigenvalue weighted by molar-refractivity contribution is 6.42. The maximum Gasteiger partial charge on any atom is 0.471 e. The van der Waals surface area contributed by atoms with Gasteiger partial charge >= 0.3 is 18.0 Å². The fourth-order valence-electron chi connectivity index (χ4n) is 2.61. The van der Waals surface area contributed by atoms with E-state index in [9.17, 15) is 26.7 Å². The summed E-state index contributed by atoms with van der Waals surface area (Å²) in [5.74, 6) is -4.09. The van der Waals surface area contributed by atoms with E-state index in [2.05, 4.69) is 24.4 Å². The van der Waals surface area contributed by atoms with Gasteiger partial charge in [0.2, 0.25) is 5.82 Å². The first-order valence-corrected chi connectivity index (χ1v) is 9.14. The van der Waals surface area contributed by atoms with Gasteiger partial charge in [-0.15, -0.1) is 0 Å². The maximum absolute atomic E-state index is 13.9. The molecule has 2 aromatic carbocycles. The predicted molar refractivity (Wildman–Crippen MR) is 106 cm³/mol. The van der Waals surface area contributed by atoms with Gasteiger partial charge in [-0.05, 0) is 29.8 Å². The number of carbonyl (C=O) groups excluding carboxylic acids is 1. The minimum Gasteiger partial charge on any atom is -0.464 e. The van der Waals surface area contributed by atoms with Crippen LogP contribution >= 0.6 is 0 Å². The highest BCUT2D eigenvalue weighted by Crippen LogP contribution is 2.29. The number of alkyl halides is 3. The predicted octanol–water partition coefficient (Wildman–Crippen LogP) is 4.15. The molecule has 0 saturated carbocycles. The summed E-state index contributed by atoms with van der Waals surface area (Å²) in [7, 11) is 1.11. The molecule has 0 aliphatic carbocycles. The maximum atomic E-state index is 13.9. The second-order valence-corrected chi connectivity index (χ2v) is 6.53. The first-order chi connectivity index (χ1) is 15.6. The average Bonchev–Trinajstić information content (AvgIpc) is 3.29. The summed E-state index contributed by atoms with van der Waals surface area (Å²) in [6.07, 6.45) is -3.70. The topological polar surface area (TPSA) is 104 Å². The lowest BCUT2D eigenvalue weighted by molar-refractivity contribution is -0.159. The van der Waals surface area contributed by atoms with E-state index in [1.807, 2.05) is 0 Å². The van der Waals surface area contributed by atoms with Crippen molar-refractivity contribution in [3.8, 4) is 11.4 Å².